The molecule has 3 aromatic rings. The highest BCUT2D eigenvalue weighted by Crippen LogP contribution is 2.24. The monoisotopic (exact) mass is 534 g/mol. The van der Waals surface area contributed by atoms with Crippen LogP contribution in [0.1, 0.15) is 53.2 Å². The van der Waals surface area contributed by atoms with E-state index in [0.717, 1.165) is 36.3 Å². The van der Waals surface area contributed by atoms with Crippen LogP contribution in [0.2, 0.25) is 5.02 Å². The molecule has 2 heterocycles. The molecule has 0 spiro atoms. The van der Waals surface area contributed by atoms with Gasteiger partial charge in [-0.05, 0) is 38.3 Å². The van der Waals surface area contributed by atoms with Crippen molar-refractivity contribution in [1.82, 2.24) is 20.0 Å². The summed E-state index contributed by atoms with van der Waals surface area (Å²) < 4.78 is 1.60. The lowest BCUT2D eigenvalue weighted by Crippen LogP contribution is -2.23. The zero-order chi connectivity index (χ0) is 26.5. The fourth-order valence-electron chi connectivity index (χ4n) is 3.38. The normalized spacial score (nSPS) is 10.2. The Hall–Kier alpha value is -3.28. The van der Waals surface area contributed by atoms with Gasteiger partial charge in [-0.25, -0.2) is 15.4 Å². The lowest BCUT2D eigenvalue weighted by Gasteiger charge is -2.11. The molecule has 12 heteroatoms. The smallest absolute Gasteiger partial charge is 0.255 e. The standard InChI is InChI=1S/C16H21N5O4S.C8H10ClN/c1-11-18-13(19-16-17-9-12(10-22)26-16)8-15(24)21(11)7-5-3-2-4-6-14(23)20-25;1-6-4-3-5-7(9)8(6)10-2/h8-10,25H,2-7H2,1H3,(H,17,19)(H,20,23);3-5,10H,1-2H3. The Bertz CT molecular complexity index is 1190. The zero-order valence-corrected chi connectivity index (χ0v) is 22.1. The minimum atomic E-state index is -0.384. The van der Waals surface area contributed by atoms with Crippen molar-refractivity contribution in [3.8, 4) is 0 Å². The average Bonchev–Trinajstić information content (AvgIpc) is 3.30. The van der Waals surface area contributed by atoms with Crippen molar-refractivity contribution in [2.75, 3.05) is 17.7 Å². The van der Waals surface area contributed by atoms with Crippen LogP contribution in [0.4, 0.5) is 16.6 Å². The van der Waals surface area contributed by atoms with Crippen LogP contribution in [0.5, 0.6) is 0 Å². The number of benzene rings is 1. The van der Waals surface area contributed by atoms with Gasteiger partial charge in [0.2, 0.25) is 5.91 Å². The van der Waals surface area contributed by atoms with Crippen LogP contribution in [0.3, 0.4) is 0 Å². The van der Waals surface area contributed by atoms with Gasteiger partial charge in [0.1, 0.15) is 11.6 Å². The van der Waals surface area contributed by atoms with Crippen LogP contribution in [-0.2, 0) is 11.3 Å². The number of rotatable bonds is 11. The Morgan fingerprint density at radius 1 is 1.22 bits per heavy atom. The summed E-state index contributed by atoms with van der Waals surface area (Å²) in [6.07, 6.45) is 5.67. The maximum absolute atomic E-state index is 12.3. The molecule has 3 rings (SSSR count). The molecule has 0 saturated carbocycles. The molecule has 1 aromatic carbocycles. The van der Waals surface area contributed by atoms with E-state index in [-0.39, 0.29) is 11.5 Å². The first-order valence-corrected chi connectivity index (χ1v) is 12.6. The molecule has 36 heavy (non-hydrogen) atoms. The van der Waals surface area contributed by atoms with E-state index >= 15 is 0 Å². The number of aromatic nitrogens is 3. The summed E-state index contributed by atoms with van der Waals surface area (Å²) in [6, 6.07) is 7.25. The van der Waals surface area contributed by atoms with E-state index in [1.165, 1.54) is 29.2 Å². The number of thiazole rings is 1. The van der Waals surface area contributed by atoms with Gasteiger partial charge in [-0.2, -0.15) is 0 Å². The third-order valence-corrected chi connectivity index (χ3v) is 6.36. The molecular formula is C24H31ClN6O4S. The highest BCUT2D eigenvalue weighted by atomic mass is 35.5. The number of halogens is 1. The maximum Gasteiger partial charge on any atom is 0.255 e. The molecule has 0 atom stereocenters. The van der Waals surface area contributed by atoms with Crippen LogP contribution in [0, 0.1) is 13.8 Å². The minimum Gasteiger partial charge on any atom is -0.387 e. The van der Waals surface area contributed by atoms with Crippen molar-refractivity contribution in [3.05, 3.63) is 62.1 Å². The predicted octanol–water partition coefficient (Wildman–Crippen LogP) is 4.71. The SMILES string of the molecule is CNc1c(C)cccc1Cl.Cc1nc(Nc2ncc(C=O)s2)cc(=O)n1CCCCCCC(=O)NO. The highest BCUT2D eigenvalue weighted by molar-refractivity contribution is 7.17. The highest BCUT2D eigenvalue weighted by Gasteiger charge is 2.08. The number of unbranched alkanes of at least 4 members (excludes halogenated alkanes) is 3. The summed E-state index contributed by atoms with van der Waals surface area (Å²) in [4.78, 5) is 42.8. The second kappa shape index (κ2) is 15.0. The largest absolute Gasteiger partial charge is 0.387 e. The Labute approximate surface area is 218 Å². The number of hydrogen-bond donors (Lipinski definition) is 4. The van der Waals surface area contributed by atoms with E-state index in [1.807, 2.05) is 32.2 Å². The van der Waals surface area contributed by atoms with E-state index in [9.17, 15) is 14.4 Å². The average molecular weight is 535 g/mol. The quantitative estimate of drug-likeness (QED) is 0.120. The number of carbonyl (C=O) groups excluding carboxylic acids is 2. The van der Waals surface area contributed by atoms with Crippen LogP contribution < -0.4 is 21.7 Å². The molecule has 0 fully saturated rings. The van der Waals surface area contributed by atoms with E-state index in [2.05, 4.69) is 20.6 Å². The fraction of sp³-hybridized carbons (Fsp3) is 0.375. The van der Waals surface area contributed by atoms with Crippen molar-refractivity contribution < 1.29 is 14.8 Å². The molecule has 0 radical (unpaired) electrons. The third kappa shape index (κ3) is 9.06. The van der Waals surface area contributed by atoms with Gasteiger partial charge < -0.3 is 10.6 Å². The van der Waals surface area contributed by atoms with E-state index in [4.69, 9.17) is 16.8 Å². The second-order valence-corrected chi connectivity index (χ2v) is 9.34. The number of amides is 1. The minimum absolute atomic E-state index is 0.160. The Morgan fingerprint density at radius 2 is 1.97 bits per heavy atom. The molecule has 0 saturated heterocycles. The first-order chi connectivity index (χ1) is 17.3. The van der Waals surface area contributed by atoms with Crippen LogP contribution in [-0.4, -0.2) is 39.0 Å². The van der Waals surface area contributed by atoms with Gasteiger partial charge in [0.25, 0.3) is 5.56 Å². The number of anilines is 3. The maximum atomic E-state index is 12.3. The van der Waals surface area contributed by atoms with Crippen molar-refractivity contribution in [2.24, 2.45) is 0 Å². The van der Waals surface area contributed by atoms with Crippen molar-refractivity contribution in [2.45, 2.75) is 52.5 Å². The number of hydroxylamine groups is 1. The number of carbonyl (C=O) groups is 2. The molecule has 194 valence electrons. The van der Waals surface area contributed by atoms with Gasteiger partial charge in [0.15, 0.2) is 11.4 Å². The topological polar surface area (TPSA) is 138 Å². The summed E-state index contributed by atoms with van der Waals surface area (Å²) in [7, 11) is 1.87. The molecule has 1 amide bonds. The molecule has 0 unspecified atom stereocenters. The molecule has 0 bridgehead atoms. The molecule has 4 N–H and O–H groups in total. The zero-order valence-electron chi connectivity index (χ0n) is 20.5. The molecule has 0 aliphatic carbocycles. The van der Waals surface area contributed by atoms with Crippen molar-refractivity contribution >= 4 is 51.8 Å². The van der Waals surface area contributed by atoms with Crippen molar-refractivity contribution in [3.63, 3.8) is 0 Å². The predicted molar refractivity (Wildman–Crippen MR) is 143 cm³/mol. The first kappa shape index (κ1) is 29.0. The molecule has 0 aliphatic heterocycles. The summed E-state index contributed by atoms with van der Waals surface area (Å²) in [6.45, 7) is 4.34. The Balaban J connectivity index is 0.000000380. The summed E-state index contributed by atoms with van der Waals surface area (Å²) in [5.74, 6) is 0.599. The van der Waals surface area contributed by atoms with Gasteiger partial charge in [0.05, 0.1) is 21.8 Å². The van der Waals surface area contributed by atoms with Crippen molar-refractivity contribution in [1.29, 1.82) is 0 Å². The second-order valence-electron chi connectivity index (χ2n) is 7.87. The summed E-state index contributed by atoms with van der Waals surface area (Å²) in [5.41, 5.74) is 3.64. The van der Waals surface area contributed by atoms with Gasteiger partial charge >= 0.3 is 0 Å². The molecule has 0 aliphatic rings. The van der Waals surface area contributed by atoms with E-state index in [0.29, 0.717) is 41.0 Å². The molecular weight excluding hydrogens is 504 g/mol. The number of para-hydroxylation sites is 1. The third-order valence-electron chi connectivity index (χ3n) is 5.21. The van der Waals surface area contributed by atoms with Crippen LogP contribution >= 0.6 is 22.9 Å². The number of aryl methyl sites for hydroxylation is 2. The van der Waals surface area contributed by atoms with Gasteiger partial charge in [0, 0.05) is 26.1 Å². The van der Waals surface area contributed by atoms with E-state index in [1.54, 1.807) is 17.0 Å². The van der Waals surface area contributed by atoms with Gasteiger partial charge in [-0.3, -0.25) is 24.2 Å². The van der Waals surface area contributed by atoms with Gasteiger partial charge in [-0.15, -0.1) is 0 Å². The number of nitrogens with one attached hydrogen (secondary N) is 3. The number of aldehydes is 1. The van der Waals surface area contributed by atoms with Crippen LogP contribution in [0.25, 0.3) is 0 Å². The first-order valence-electron chi connectivity index (χ1n) is 11.4. The lowest BCUT2D eigenvalue weighted by molar-refractivity contribution is -0.129. The fourth-order valence-corrected chi connectivity index (χ4v) is 4.33. The molecule has 10 nitrogen and oxygen atoms in total. The summed E-state index contributed by atoms with van der Waals surface area (Å²) in [5, 5.41) is 15.7. The van der Waals surface area contributed by atoms with E-state index < -0.39 is 0 Å². The molecule has 2 aromatic heterocycles. The Morgan fingerprint density at radius 3 is 2.56 bits per heavy atom. The lowest BCUT2D eigenvalue weighted by atomic mass is 10.1. The van der Waals surface area contributed by atoms with Gasteiger partial charge in [-0.1, -0.05) is 47.9 Å². The number of nitrogens with zero attached hydrogens (tertiary/aromatic N) is 3. The summed E-state index contributed by atoms with van der Waals surface area (Å²) >= 11 is 7.05. The Kier molecular flexibility index (Phi) is 12.0. The van der Waals surface area contributed by atoms with Crippen LogP contribution in [0.15, 0.2) is 35.3 Å². The number of hydrogen-bond acceptors (Lipinski definition) is 9.